The second-order valence-electron chi connectivity index (χ2n) is 3.97. The lowest BCUT2D eigenvalue weighted by Crippen LogP contribution is -2.27. The van der Waals surface area contributed by atoms with Gasteiger partial charge in [-0.25, -0.2) is 0 Å². The zero-order chi connectivity index (χ0) is 10.9. The molecule has 1 heterocycles. The highest BCUT2D eigenvalue weighted by Crippen LogP contribution is 2.24. The summed E-state index contributed by atoms with van der Waals surface area (Å²) in [6.45, 7) is 2.78. The maximum atomic E-state index is 11.5. The minimum absolute atomic E-state index is 0.233. The maximum absolute atomic E-state index is 11.5. The Morgan fingerprint density at radius 3 is 2.87 bits per heavy atom. The van der Waals surface area contributed by atoms with E-state index in [4.69, 9.17) is 0 Å². The van der Waals surface area contributed by atoms with Gasteiger partial charge in [0.05, 0.1) is 0 Å². The fourth-order valence-corrected chi connectivity index (χ4v) is 2.95. The average molecular weight is 227 g/mol. The van der Waals surface area contributed by atoms with Crippen molar-refractivity contribution in [3.05, 3.63) is 12.2 Å². The number of amides is 1. The van der Waals surface area contributed by atoms with Gasteiger partial charge in [-0.05, 0) is 43.6 Å². The second-order valence-corrected chi connectivity index (χ2v) is 5.19. The molecule has 15 heavy (non-hydrogen) atoms. The van der Waals surface area contributed by atoms with Crippen LogP contribution in [0, 0.1) is 5.92 Å². The summed E-state index contributed by atoms with van der Waals surface area (Å²) in [7, 11) is 0. The zero-order valence-corrected chi connectivity index (χ0v) is 10.3. The summed E-state index contributed by atoms with van der Waals surface area (Å²) in [5, 5.41) is 2.97. The molecule has 0 unspecified atom stereocenters. The standard InChI is InChI=1S/C12H21NOS/c1-2-3-4-7-13-12(14)10-11-5-8-15-9-6-11/h2-3,11H,4-10H2,1H3,(H,13,14)/b3-2+. The van der Waals surface area contributed by atoms with Gasteiger partial charge in [0.1, 0.15) is 0 Å². The molecule has 0 atom stereocenters. The number of nitrogens with one attached hydrogen (secondary N) is 1. The molecule has 0 aliphatic carbocycles. The number of hydrogen-bond donors (Lipinski definition) is 1. The van der Waals surface area contributed by atoms with Crippen LogP contribution in [0.25, 0.3) is 0 Å². The van der Waals surface area contributed by atoms with Crippen LogP contribution in [-0.2, 0) is 4.79 Å². The summed E-state index contributed by atoms with van der Waals surface area (Å²) in [5.41, 5.74) is 0. The molecule has 0 aromatic rings. The molecular weight excluding hydrogens is 206 g/mol. The van der Waals surface area contributed by atoms with Crippen LogP contribution in [-0.4, -0.2) is 24.0 Å². The summed E-state index contributed by atoms with van der Waals surface area (Å²) < 4.78 is 0. The first kappa shape index (κ1) is 12.6. The first-order chi connectivity index (χ1) is 7.33. The van der Waals surface area contributed by atoms with Crippen LogP contribution in [0.4, 0.5) is 0 Å². The first-order valence-corrected chi connectivity index (χ1v) is 6.94. The highest BCUT2D eigenvalue weighted by atomic mass is 32.2. The van der Waals surface area contributed by atoms with Gasteiger partial charge in [0.25, 0.3) is 0 Å². The van der Waals surface area contributed by atoms with Gasteiger partial charge in [0, 0.05) is 13.0 Å². The number of hydrogen-bond acceptors (Lipinski definition) is 2. The van der Waals surface area contributed by atoms with Crippen molar-refractivity contribution >= 4 is 17.7 Å². The average Bonchev–Trinajstić information content (AvgIpc) is 2.26. The Hall–Kier alpha value is -0.440. The van der Waals surface area contributed by atoms with Gasteiger partial charge in [-0.15, -0.1) is 0 Å². The number of thioether (sulfide) groups is 1. The minimum Gasteiger partial charge on any atom is -0.356 e. The van der Waals surface area contributed by atoms with E-state index in [1.165, 1.54) is 24.3 Å². The summed E-state index contributed by atoms with van der Waals surface area (Å²) in [5.74, 6) is 3.33. The molecule has 86 valence electrons. The first-order valence-electron chi connectivity index (χ1n) is 5.78. The lowest BCUT2D eigenvalue weighted by atomic mass is 9.98. The van der Waals surface area contributed by atoms with Crippen LogP contribution in [0.5, 0.6) is 0 Å². The summed E-state index contributed by atoms with van der Waals surface area (Å²) >= 11 is 2.01. The SMILES string of the molecule is C/C=C/CCNC(=O)CC1CCSCC1. The molecule has 0 spiro atoms. The van der Waals surface area contributed by atoms with Crippen molar-refractivity contribution in [2.75, 3.05) is 18.1 Å². The zero-order valence-electron chi connectivity index (χ0n) is 9.50. The normalized spacial score (nSPS) is 18.2. The number of carbonyl (C=O) groups excluding carboxylic acids is 1. The Morgan fingerprint density at radius 2 is 2.20 bits per heavy atom. The molecule has 0 bridgehead atoms. The Labute approximate surface area is 96.9 Å². The van der Waals surface area contributed by atoms with Crippen molar-refractivity contribution < 1.29 is 4.79 Å². The van der Waals surface area contributed by atoms with Crippen molar-refractivity contribution in [3.63, 3.8) is 0 Å². The minimum atomic E-state index is 0.233. The summed E-state index contributed by atoms with van der Waals surface area (Å²) in [4.78, 5) is 11.5. The summed E-state index contributed by atoms with van der Waals surface area (Å²) in [6, 6.07) is 0. The largest absolute Gasteiger partial charge is 0.356 e. The number of allylic oxidation sites excluding steroid dienone is 1. The highest BCUT2D eigenvalue weighted by Gasteiger charge is 2.16. The molecule has 1 aliphatic heterocycles. The van der Waals surface area contributed by atoms with Crippen molar-refractivity contribution in [1.29, 1.82) is 0 Å². The molecule has 2 nitrogen and oxygen atoms in total. The molecule has 1 saturated heterocycles. The third-order valence-electron chi connectivity index (χ3n) is 2.68. The van der Waals surface area contributed by atoms with Crippen molar-refractivity contribution in [1.82, 2.24) is 5.32 Å². The van der Waals surface area contributed by atoms with Gasteiger partial charge in [-0.2, -0.15) is 11.8 Å². The Bertz CT molecular complexity index is 210. The van der Waals surface area contributed by atoms with Gasteiger partial charge in [-0.3, -0.25) is 4.79 Å². The van der Waals surface area contributed by atoms with E-state index in [1.807, 2.05) is 24.8 Å². The fraction of sp³-hybridized carbons (Fsp3) is 0.750. The van der Waals surface area contributed by atoms with Crippen LogP contribution in [0.3, 0.4) is 0 Å². The fourth-order valence-electron chi connectivity index (χ4n) is 1.75. The Balaban J connectivity index is 2.06. The Kier molecular flexibility index (Phi) is 6.57. The molecule has 0 aromatic carbocycles. The Morgan fingerprint density at radius 1 is 1.47 bits per heavy atom. The molecule has 1 aliphatic rings. The predicted molar refractivity (Wildman–Crippen MR) is 67.1 cm³/mol. The van der Waals surface area contributed by atoms with E-state index in [2.05, 4.69) is 11.4 Å². The lowest BCUT2D eigenvalue weighted by Gasteiger charge is -2.20. The molecule has 1 N–H and O–H groups in total. The van der Waals surface area contributed by atoms with E-state index in [1.54, 1.807) is 0 Å². The highest BCUT2D eigenvalue weighted by molar-refractivity contribution is 7.99. The molecule has 3 heteroatoms. The third kappa shape index (κ3) is 5.88. The second kappa shape index (κ2) is 7.80. The molecule has 1 fully saturated rings. The maximum Gasteiger partial charge on any atom is 0.220 e. The van der Waals surface area contributed by atoms with E-state index in [-0.39, 0.29) is 5.91 Å². The van der Waals surface area contributed by atoms with Crippen LogP contribution in [0.2, 0.25) is 0 Å². The van der Waals surface area contributed by atoms with Gasteiger partial charge < -0.3 is 5.32 Å². The van der Waals surface area contributed by atoms with Gasteiger partial charge in [0.15, 0.2) is 0 Å². The van der Waals surface area contributed by atoms with E-state index in [0.717, 1.165) is 19.4 Å². The van der Waals surface area contributed by atoms with E-state index < -0.39 is 0 Å². The van der Waals surface area contributed by atoms with Crippen LogP contribution in [0.1, 0.15) is 32.6 Å². The van der Waals surface area contributed by atoms with Crippen LogP contribution in [0.15, 0.2) is 12.2 Å². The van der Waals surface area contributed by atoms with E-state index >= 15 is 0 Å². The van der Waals surface area contributed by atoms with Gasteiger partial charge >= 0.3 is 0 Å². The number of rotatable bonds is 5. The molecule has 1 amide bonds. The topological polar surface area (TPSA) is 29.1 Å². The predicted octanol–water partition coefficient (Wildman–Crippen LogP) is 2.60. The van der Waals surface area contributed by atoms with Crippen molar-refractivity contribution in [2.45, 2.75) is 32.6 Å². The van der Waals surface area contributed by atoms with Crippen LogP contribution >= 0.6 is 11.8 Å². The van der Waals surface area contributed by atoms with E-state index in [0.29, 0.717) is 5.92 Å². The quantitative estimate of drug-likeness (QED) is 0.578. The van der Waals surface area contributed by atoms with Gasteiger partial charge in [-0.1, -0.05) is 12.2 Å². The molecule has 0 radical (unpaired) electrons. The third-order valence-corrected chi connectivity index (χ3v) is 3.73. The smallest absolute Gasteiger partial charge is 0.220 e. The van der Waals surface area contributed by atoms with Crippen LogP contribution < -0.4 is 5.32 Å². The monoisotopic (exact) mass is 227 g/mol. The lowest BCUT2D eigenvalue weighted by molar-refractivity contribution is -0.122. The molecule has 0 aromatic heterocycles. The molecule has 0 saturated carbocycles. The van der Waals surface area contributed by atoms with Crippen molar-refractivity contribution in [3.8, 4) is 0 Å². The number of carbonyl (C=O) groups is 1. The van der Waals surface area contributed by atoms with E-state index in [9.17, 15) is 4.79 Å². The summed E-state index contributed by atoms with van der Waals surface area (Å²) in [6.07, 6.45) is 8.21. The molecular formula is C12H21NOS. The van der Waals surface area contributed by atoms with Gasteiger partial charge in [0.2, 0.25) is 5.91 Å². The molecule has 1 rings (SSSR count). The van der Waals surface area contributed by atoms with Crippen molar-refractivity contribution in [2.24, 2.45) is 5.92 Å².